The average Bonchev–Trinajstić information content (AvgIpc) is 2.46. The van der Waals surface area contributed by atoms with Gasteiger partial charge in [-0.2, -0.15) is 0 Å². The lowest BCUT2D eigenvalue weighted by molar-refractivity contribution is -0.114. The highest BCUT2D eigenvalue weighted by atomic mass is 16.9. The van der Waals surface area contributed by atoms with Crippen LogP contribution in [0.4, 0.5) is 11.4 Å². The van der Waals surface area contributed by atoms with E-state index in [1.165, 1.54) is 14.0 Å². The number of hydrogen-bond acceptors (Lipinski definition) is 7. The molecular formula is C13H20N2O6. The molecule has 118 valence electrons. The Morgan fingerprint density at radius 3 is 2.33 bits per heavy atom. The molecule has 0 heterocycles. The van der Waals surface area contributed by atoms with Gasteiger partial charge in [-0.05, 0) is 12.1 Å². The van der Waals surface area contributed by atoms with Gasteiger partial charge in [-0.3, -0.25) is 4.79 Å². The van der Waals surface area contributed by atoms with Gasteiger partial charge in [-0.25, -0.2) is 9.68 Å². The van der Waals surface area contributed by atoms with E-state index in [2.05, 4.69) is 5.32 Å². The predicted octanol–water partition coefficient (Wildman–Crippen LogP) is 0.308. The highest BCUT2D eigenvalue weighted by Gasteiger charge is 2.18. The van der Waals surface area contributed by atoms with Gasteiger partial charge in [0, 0.05) is 6.92 Å². The largest absolute Gasteiger partial charge is 0.492 e. The van der Waals surface area contributed by atoms with E-state index < -0.39 is 0 Å². The molecule has 1 amide bonds. The minimum absolute atomic E-state index is 0.00104. The van der Waals surface area contributed by atoms with Crippen LogP contribution in [0.25, 0.3) is 0 Å². The number of methoxy groups -OCH3 is 1. The summed E-state index contributed by atoms with van der Waals surface area (Å²) >= 11 is 0. The monoisotopic (exact) mass is 300 g/mol. The molecule has 0 aromatic heterocycles. The van der Waals surface area contributed by atoms with Gasteiger partial charge in [0.2, 0.25) is 5.91 Å². The number of aliphatic hydroxyl groups is 2. The van der Waals surface area contributed by atoms with Crippen LogP contribution in [-0.2, 0) is 14.5 Å². The second-order valence-electron chi connectivity index (χ2n) is 3.91. The number of nitrogens with zero attached hydrogens (tertiary/aromatic N) is 1. The lowest BCUT2D eigenvalue weighted by Crippen LogP contribution is -2.27. The molecule has 1 aromatic rings. The number of carbonyl (C=O) groups is 1. The van der Waals surface area contributed by atoms with Crippen molar-refractivity contribution in [1.82, 2.24) is 0 Å². The van der Waals surface area contributed by atoms with E-state index in [9.17, 15) is 4.79 Å². The lowest BCUT2D eigenvalue weighted by Gasteiger charge is -2.24. The first-order chi connectivity index (χ1) is 10.1. The molecule has 0 saturated carbocycles. The van der Waals surface area contributed by atoms with Crippen molar-refractivity contribution in [2.75, 3.05) is 44.1 Å². The molecule has 21 heavy (non-hydrogen) atoms. The van der Waals surface area contributed by atoms with Crippen molar-refractivity contribution in [2.24, 2.45) is 0 Å². The molecule has 1 aromatic carbocycles. The highest BCUT2D eigenvalue weighted by Crippen LogP contribution is 2.36. The summed E-state index contributed by atoms with van der Waals surface area (Å²) in [5.41, 5.74) is 0.846. The molecular weight excluding hydrogens is 280 g/mol. The van der Waals surface area contributed by atoms with Crippen molar-refractivity contribution in [3.63, 3.8) is 0 Å². The molecule has 0 saturated heterocycles. The Balaban J connectivity index is 3.06. The summed E-state index contributed by atoms with van der Waals surface area (Å²) in [7, 11) is 1.44. The first-order valence-corrected chi connectivity index (χ1v) is 6.36. The maximum absolute atomic E-state index is 11.2. The van der Waals surface area contributed by atoms with Crippen LogP contribution in [0.3, 0.4) is 0 Å². The predicted molar refractivity (Wildman–Crippen MR) is 75.9 cm³/mol. The smallest absolute Gasteiger partial charge is 0.221 e. The summed E-state index contributed by atoms with van der Waals surface area (Å²) in [5.74, 6) is 0.0909. The number of para-hydroxylation sites is 1. The number of hydrogen-bond donors (Lipinski definition) is 3. The maximum Gasteiger partial charge on any atom is 0.221 e. The van der Waals surface area contributed by atoms with E-state index in [-0.39, 0.29) is 32.3 Å². The minimum Gasteiger partial charge on any atom is -0.492 e. The highest BCUT2D eigenvalue weighted by molar-refractivity contribution is 5.92. The molecule has 1 rings (SSSR count). The zero-order chi connectivity index (χ0) is 15.7. The Morgan fingerprint density at radius 1 is 1.24 bits per heavy atom. The SMILES string of the molecule is COc1c(NC(C)=O)cccc1N(OCCO)OCCO. The van der Waals surface area contributed by atoms with E-state index in [0.717, 1.165) is 5.23 Å². The number of carbonyl (C=O) groups excluding carboxylic acids is 1. The molecule has 0 aliphatic carbocycles. The summed E-state index contributed by atoms with van der Waals surface area (Å²) in [5, 5.41) is 21.4. The van der Waals surface area contributed by atoms with Crippen LogP contribution in [-0.4, -0.2) is 49.7 Å². The maximum atomic E-state index is 11.2. The summed E-state index contributed by atoms with van der Waals surface area (Å²) in [6, 6.07) is 5.00. The van der Waals surface area contributed by atoms with Gasteiger partial charge in [-0.15, -0.1) is 5.23 Å². The number of nitrogens with one attached hydrogen (secondary N) is 1. The quantitative estimate of drug-likeness (QED) is 0.564. The number of rotatable bonds is 9. The standard InChI is InChI=1S/C13H20N2O6/c1-10(18)14-11-4-3-5-12(13(11)19-2)15(20-8-6-16)21-9-7-17/h3-5,16-17H,6-9H2,1-2H3,(H,14,18). The van der Waals surface area contributed by atoms with E-state index in [0.29, 0.717) is 17.1 Å². The van der Waals surface area contributed by atoms with Gasteiger partial charge < -0.3 is 20.3 Å². The topological polar surface area (TPSA) is 100 Å². The summed E-state index contributed by atoms with van der Waals surface area (Å²) in [6.07, 6.45) is 0. The Bertz CT molecular complexity index is 446. The Hall–Kier alpha value is -1.87. The van der Waals surface area contributed by atoms with Crippen LogP contribution in [0.1, 0.15) is 6.92 Å². The van der Waals surface area contributed by atoms with E-state index in [4.69, 9.17) is 24.6 Å². The number of aliphatic hydroxyl groups excluding tert-OH is 2. The van der Waals surface area contributed by atoms with Crippen LogP contribution in [0.15, 0.2) is 18.2 Å². The van der Waals surface area contributed by atoms with Crippen LogP contribution in [0, 0.1) is 0 Å². The lowest BCUT2D eigenvalue weighted by atomic mass is 10.2. The normalized spacial score (nSPS) is 10.3. The van der Waals surface area contributed by atoms with Crippen molar-refractivity contribution in [3.8, 4) is 5.75 Å². The summed E-state index contributed by atoms with van der Waals surface area (Å²) in [6.45, 7) is 0.978. The Labute approximate surface area is 122 Å². The van der Waals surface area contributed by atoms with E-state index in [1.807, 2.05) is 0 Å². The van der Waals surface area contributed by atoms with Crippen molar-refractivity contribution < 1.29 is 29.4 Å². The molecule has 8 heteroatoms. The van der Waals surface area contributed by atoms with Gasteiger partial charge >= 0.3 is 0 Å². The molecule has 0 radical (unpaired) electrons. The van der Waals surface area contributed by atoms with Crippen LogP contribution < -0.4 is 15.3 Å². The molecule has 0 unspecified atom stereocenters. The van der Waals surface area contributed by atoms with Crippen molar-refractivity contribution in [2.45, 2.75) is 6.92 Å². The third kappa shape index (κ3) is 5.20. The minimum atomic E-state index is -0.246. The van der Waals surface area contributed by atoms with Gasteiger partial charge in [0.25, 0.3) is 0 Å². The molecule has 0 atom stereocenters. The number of amides is 1. The molecule has 0 bridgehead atoms. The molecule has 0 aliphatic heterocycles. The zero-order valence-electron chi connectivity index (χ0n) is 12.0. The Kier molecular flexibility index (Phi) is 7.48. The summed E-state index contributed by atoms with van der Waals surface area (Å²) < 4.78 is 5.28. The number of benzene rings is 1. The van der Waals surface area contributed by atoms with E-state index in [1.54, 1.807) is 18.2 Å². The number of ether oxygens (including phenoxy) is 1. The first-order valence-electron chi connectivity index (χ1n) is 6.36. The molecule has 3 N–H and O–H groups in total. The van der Waals surface area contributed by atoms with Crippen molar-refractivity contribution in [1.29, 1.82) is 0 Å². The molecule has 0 fully saturated rings. The summed E-state index contributed by atoms with van der Waals surface area (Å²) in [4.78, 5) is 21.7. The second-order valence-corrected chi connectivity index (χ2v) is 3.91. The number of anilines is 2. The first kappa shape index (κ1) is 17.2. The zero-order valence-corrected chi connectivity index (χ0v) is 12.0. The Morgan fingerprint density at radius 2 is 1.86 bits per heavy atom. The van der Waals surface area contributed by atoms with Gasteiger partial charge in [0.15, 0.2) is 5.75 Å². The van der Waals surface area contributed by atoms with Gasteiger partial charge in [0.1, 0.15) is 18.9 Å². The van der Waals surface area contributed by atoms with Crippen molar-refractivity contribution >= 4 is 17.3 Å². The fraction of sp³-hybridized carbons (Fsp3) is 0.462. The van der Waals surface area contributed by atoms with Gasteiger partial charge in [-0.1, -0.05) is 6.07 Å². The van der Waals surface area contributed by atoms with Crippen LogP contribution in [0.5, 0.6) is 5.75 Å². The second kappa shape index (κ2) is 9.14. The third-order valence-electron chi connectivity index (χ3n) is 2.31. The molecule has 8 nitrogen and oxygen atoms in total. The van der Waals surface area contributed by atoms with E-state index >= 15 is 0 Å². The fourth-order valence-corrected chi connectivity index (χ4v) is 1.60. The fourth-order valence-electron chi connectivity index (χ4n) is 1.60. The van der Waals surface area contributed by atoms with Crippen LogP contribution in [0.2, 0.25) is 0 Å². The third-order valence-corrected chi connectivity index (χ3v) is 2.31. The average molecular weight is 300 g/mol. The molecule has 0 aliphatic rings. The molecule has 0 spiro atoms. The van der Waals surface area contributed by atoms with Gasteiger partial charge in [0.05, 0.1) is 26.0 Å². The van der Waals surface area contributed by atoms with Crippen molar-refractivity contribution in [3.05, 3.63) is 18.2 Å². The van der Waals surface area contributed by atoms with Crippen LogP contribution >= 0.6 is 0 Å².